The molecule has 19 heavy (non-hydrogen) atoms. The van der Waals surface area contributed by atoms with Gasteiger partial charge in [-0.25, -0.2) is 8.78 Å². The molecule has 1 unspecified atom stereocenters. The Morgan fingerprint density at radius 2 is 1.79 bits per heavy atom. The van der Waals surface area contributed by atoms with Gasteiger partial charge in [0.15, 0.2) is 0 Å². The zero-order chi connectivity index (χ0) is 14.0. The van der Waals surface area contributed by atoms with Gasteiger partial charge < -0.3 is 11.1 Å². The highest BCUT2D eigenvalue weighted by Crippen LogP contribution is 2.29. The number of nitrogens with one attached hydrogen (secondary N) is 1. The first-order valence-corrected chi connectivity index (χ1v) is 6.53. The number of halogens is 3. The molecule has 0 aromatic heterocycles. The molecule has 2 rings (SSSR count). The monoisotopic (exact) mass is 326 g/mol. The summed E-state index contributed by atoms with van der Waals surface area (Å²) in [6.07, 6.45) is 0. The molecule has 0 fully saturated rings. The van der Waals surface area contributed by atoms with Gasteiger partial charge >= 0.3 is 0 Å². The summed E-state index contributed by atoms with van der Waals surface area (Å²) in [5, 5.41) is 3.17. The van der Waals surface area contributed by atoms with Crippen molar-refractivity contribution in [2.45, 2.75) is 13.0 Å². The van der Waals surface area contributed by atoms with E-state index in [9.17, 15) is 8.78 Å². The van der Waals surface area contributed by atoms with Crippen LogP contribution in [0.15, 0.2) is 40.9 Å². The second kappa shape index (κ2) is 5.57. The van der Waals surface area contributed by atoms with Crippen molar-refractivity contribution >= 4 is 27.3 Å². The van der Waals surface area contributed by atoms with E-state index in [2.05, 4.69) is 21.2 Å². The fourth-order valence-electron chi connectivity index (χ4n) is 1.76. The molecule has 100 valence electrons. The van der Waals surface area contributed by atoms with E-state index in [4.69, 9.17) is 5.73 Å². The molecule has 0 saturated heterocycles. The molecule has 0 aliphatic carbocycles. The summed E-state index contributed by atoms with van der Waals surface area (Å²) in [5.74, 6) is -0.683. The first-order chi connectivity index (χ1) is 8.97. The van der Waals surface area contributed by atoms with E-state index in [1.807, 2.05) is 6.92 Å². The average Bonchev–Trinajstić information content (AvgIpc) is 2.36. The van der Waals surface area contributed by atoms with Crippen LogP contribution >= 0.6 is 15.9 Å². The van der Waals surface area contributed by atoms with Gasteiger partial charge in [0.25, 0.3) is 0 Å². The maximum Gasteiger partial charge on any atom is 0.139 e. The minimum Gasteiger partial charge on any atom is -0.397 e. The Morgan fingerprint density at radius 3 is 2.42 bits per heavy atom. The summed E-state index contributed by atoms with van der Waals surface area (Å²) in [5.41, 5.74) is 7.63. The number of rotatable bonds is 3. The highest BCUT2D eigenvalue weighted by atomic mass is 79.9. The summed E-state index contributed by atoms with van der Waals surface area (Å²) in [6.45, 7) is 1.92. The smallest absolute Gasteiger partial charge is 0.139 e. The van der Waals surface area contributed by atoms with Gasteiger partial charge in [0.1, 0.15) is 11.6 Å². The molecule has 0 aliphatic rings. The van der Waals surface area contributed by atoms with Crippen LogP contribution < -0.4 is 11.1 Å². The minimum atomic E-state index is -0.405. The maximum absolute atomic E-state index is 13.3. The van der Waals surface area contributed by atoms with Crippen molar-refractivity contribution < 1.29 is 8.78 Å². The van der Waals surface area contributed by atoms with Crippen LogP contribution in [0.5, 0.6) is 0 Å². The van der Waals surface area contributed by atoms with Gasteiger partial charge in [-0.3, -0.25) is 0 Å². The average molecular weight is 327 g/mol. The van der Waals surface area contributed by atoms with Crippen LogP contribution in [-0.4, -0.2) is 0 Å². The third-order valence-corrected chi connectivity index (χ3v) is 3.44. The Kier molecular flexibility index (Phi) is 4.04. The van der Waals surface area contributed by atoms with Crippen molar-refractivity contribution in [1.82, 2.24) is 0 Å². The van der Waals surface area contributed by atoms with Gasteiger partial charge in [0, 0.05) is 12.1 Å². The quantitative estimate of drug-likeness (QED) is 0.816. The number of anilines is 2. The number of nitrogens with two attached hydrogens (primary N) is 1. The van der Waals surface area contributed by atoms with Gasteiger partial charge in [-0.05, 0) is 46.6 Å². The van der Waals surface area contributed by atoms with E-state index in [0.29, 0.717) is 15.8 Å². The fourth-order valence-corrected chi connectivity index (χ4v) is 2.10. The summed E-state index contributed by atoms with van der Waals surface area (Å²) < 4.78 is 26.5. The Hall–Kier alpha value is -1.62. The maximum atomic E-state index is 13.3. The number of nitrogen functional groups attached to an aromatic ring is 1. The largest absolute Gasteiger partial charge is 0.397 e. The number of hydrogen-bond acceptors (Lipinski definition) is 2. The minimum absolute atomic E-state index is 0.0692. The topological polar surface area (TPSA) is 38.0 Å². The SMILES string of the molecule is CC(Nc1cc(Br)c(F)cc1N)c1ccc(F)cc1. The highest BCUT2D eigenvalue weighted by Gasteiger charge is 2.10. The highest BCUT2D eigenvalue weighted by molar-refractivity contribution is 9.10. The van der Waals surface area contributed by atoms with Crippen LogP contribution in [0.2, 0.25) is 0 Å². The second-order valence-corrected chi connectivity index (χ2v) is 5.13. The molecule has 0 amide bonds. The molecule has 0 radical (unpaired) electrons. The van der Waals surface area contributed by atoms with Crippen LogP contribution in [0.4, 0.5) is 20.2 Å². The van der Waals surface area contributed by atoms with Crippen LogP contribution in [0.25, 0.3) is 0 Å². The lowest BCUT2D eigenvalue weighted by Gasteiger charge is -2.17. The van der Waals surface area contributed by atoms with E-state index >= 15 is 0 Å². The third-order valence-electron chi connectivity index (χ3n) is 2.83. The van der Waals surface area contributed by atoms with Gasteiger partial charge in [0.05, 0.1) is 15.8 Å². The molecule has 0 heterocycles. The van der Waals surface area contributed by atoms with Crippen molar-refractivity contribution in [3.05, 3.63) is 58.1 Å². The van der Waals surface area contributed by atoms with Gasteiger partial charge in [-0.2, -0.15) is 0 Å². The summed E-state index contributed by atoms with van der Waals surface area (Å²) in [4.78, 5) is 0. The van der Waals surface area contributed by atoms with Crippen molar-refractivity contribution in [2.24, 2.45) is 0 Å². The molecule has 5 heteroatoms. The van der Waals surface area contributed by atoms with Gasteiger partial charge in [-0.1, -0.05) is 12.1 Å². The van der Waals surface area contributed by atoms with Crippen LogP contribution in [-0.2, 0) is 0 Å². The van der Waals surface area contributed by atoms with Crippen molar-refractivity contribution in [1.29, 1.82) is 0 Å². The van der Waals surface area contributed by atoms with Crippen LogP contribution in [0, 0.1) is 11.6 Å². The summed E-state index contributed by atoms with van der Waals surface area (Å²) in [6, 6.07) is 8.97. The van der Waals surface area contributed by atoms with E-state index < -0.39 is 5.82 Å². The molecule has 2 aromatic rings. The first kappa shape index (κ1) is 13.8. The fraction of sp³-hybridized carbons (Fsp3) is 0.143. The second-order valence-electron chi connectivity index (χ2n) is 4.27. The Morgan fingerprint density at radius 1 is 1.16 bits per heavy atom. The number of hydrogen-bond donors (Lipinski definition) is 2. The molecular formula is C14H13BrF2N2. The molecule has 0 aliphatic heterocycles. The molecule has 0 saturated carbocycles. The summed E-state index contributed by atoms with van der Waals surface area (Å²) >= 11 is 3.12. The van der Waals surface area contributed by atoms with Gasteiger partial charge in [0.2, 0.25) is 0 Å². The lowest BCUT2D eigenvalue weighted by molar-refractivity contribution is 0.621. The molecule has 3 N–H and O–H groups in total. The predicted octanol–water partition coefficient (Wildman–Crippen LogP) is 4.48. The standard InChI is InChI=1S/C14H13BrF2N2/c1-8(9-2-4-10(16)5-3-9)19-14-6-11(15)12(17)7-13(14)18/h2-8,19H,18H2,1H3. The molecule has 2 nitrogen and oxygen atoms in total. The molecule has 1 atom stereocenters. The Bertz CT molecular complexity index is 585. The zero-order valence-corrected chi connectivity index (χ0v) is 11.8. The van der Waals surface area contributed by atoms with Crippen molar-refractivity contribution in [2.75, 3.05) is 11.1 Å². The normalized spacial score (nSPS) is 12.2. The van der Waals surface area contributed by atoms with E-state index in [1.54, 1.807) is 18.2 Å². The Labute approximate surface area is 118 Å². The molecule has 0 spiro atoms. The molecular weight excluding hydrogens is 314 g/mol. The number of benzene rings is 2. The molecule has 2 aromatic carbocycles. The lowest BCUT2D eigenvalue weighted by atomic mass is 10.1. The van der Waals surface area contributed by atoms with E-state index in [-0.39, 0.29) is 11.9 Å². The summed E-state index contributed by atoms with van der Waals surface area (Å²) in [7, 11) is 0. The van der Waals surface area contributed by atoms with Crippen LogP contribution in [0.3, 0.4) is 0 Å². The lowest BCUT2D eigenvalue weighted by Crippen LogP contribution is -2.08. The zero-order valence-electron chi connectivity index (χ0n) is 10.3. The third kappa shape index (κ3) is 3.23. The molecule has 0 bridgehead atoms. The van der Waals surface area contributed by atoms with Crippen molar-refractivity contribution in [3.63, 3.8) is 0 Å². The Balaban J connectivity index is 2.21. The van der Waals surface area contributed by atoms with E-state index in [0.717, 1.165) is 5.56 Å². The van der Waals surface area contributed by atoms with E-state index in [1.165, 1.54) is 18.2 Å². The predicted molar refractivity (Wildman–Crippen MR) is 77.0 cm³/mol. The van der Waals surface area contributed by atoms with Crippen LogP contribution in [0.1, 0.15) is 18.5 Å². The van der Waals surface area contributed by atoms with Crippen molar-refractivity contribution in [3.8, 4) is 0 Å². The first-order valence-electron chi connectivity index (χ1n) is 5.74. The van der Waals surface area contributed by atoms with Gasteiger partial charge in [-0.15, -0.1) is 0 Å².